The fraction of sp³-hybridized carbons (Fsp3) is 0.333. The molecule has 4 heteroatoms. The highest BCUT2D eigenvalue weighted by Crippen LogP contribution is 2.26. The summed E-state index contributed by atoms with van der Waals surface area (Å²) in [6.07, 6.45) is 6.13. The zero-order valence-corrected chi connectivity index (χ0v) is 12.6. The first-order chi connectivity index (χ1) is 10.9. The molecule has 0 atom stereocenters. The first-order valence-corrected chi connectivity index (χ1v) is 7.94. The van der Waals surface area contributed by atoms with E-state index in [1.807, 2.05) is 24.7 Å². The van der Waals surface area contributed by atoms with E-state index in [2.05, 4.69) is 49.8 Å². The maximum absolute atomic E-state index is 4.49. The molecule has 0 aliphatic carbocycles. The summed E-state index contributed by atoms with van der Waals surface area (Å²) in [5, 5.41) is 0. The van der Waals surface area contributed by atoms with E-state index >= 15 is 0 Å². The quantitative estimate of drug-likeness (QED) is 0.743. The lowest BCUT2D eigenvalue weighted by Gasteiger charge is -2.32. The Bertz CT molecular complexity index is 742. The van der Waals surface area contributed by atoms with Gasteiger partial charge in [0.25, 0.3) is 0 Å². The highest BCUT2D eigenvalue weighted by atomic mass is 15.2. The summed E-state index contributed by atoms with van der Waals surface area (Å²) in [7, 11) is 0. The van der Waals surface area contributed by atoms with Crippen molar-refractivity contribution in [1.29, 1.82) is 0 Å². The maximum atomic E-state index is 4.49. The summed E-state index contributed by atoms with van der Waals surface area (Å²) in [6, 6.07) is 15.2. The summed E-state index contributed by atoms with van der Waals surface area (Å²) in [5.74, 6) is 0. The van der Waals surface area contributed by atoms with E-state index in [-0.39, 0.29) is 0 Å². The minimum absolute atomic E-state index is 0.520. The van der Waals surface area contributed by atoms with Crippen molar-refractivity contribution >= 4 is 11.2 Å². The third-order valence-corrected chi connectivity index (χ3v) is 4.53. The third-order valence-electron chi connectivity index (χ3n) is 4.53. The summed E-state index contributed by atoms with van der Waals surface area (Å²) < 4.78 is 2.26. The van der Waals surface area contributed by atoms with Crippen molar-refractivity contribution in [2.24, 2.45) is 0 Å². The molecule has 0 bridgehead atoms. The number of fused-ring (bicyclic) bond motifs is 1. The van der Waals surface area contributed by atoms with Gasteiger partial charge in [-0.25, -0.2) is 9.97 Å². The van der Waals surface area contributed by atoms with E-state index in [1.54, 1.807) is 0 Å². The Morgan fingerprint density at radius 1 is 0.955 bits per heavy atom. The smallest absolute Gasteiger partial charge is 0.160 e. The molecular weight excluding hydrogens is 272 g/mol. The fourth-order valence-electron chi connectivity index (χ4n) is 3.33. The molecule has 1 fully saturated rings. The number of hydrogen-bond donors (Lipinski definition) is 0. The van der Waals surface area contributed by atoms with Gasteiger partial charge in [0.05, 0.1) is 6.33 Å². The molecule has 3 aromatic rings. The van der Waals surface area contributed by atoms with Gasteiger partial charge < -0.3 is 4.57 Å². The summed E-state index contributed by atoms with van der Waals surface area (Å²) in [4.78, 5) is 11.5. The number of imidazole rings is 1. The number of rotatable bonds is 3. The molecule has 1 aliphatic rings. The fourth-order valence-corrected chi connectivity index (χ4v) is 3.33. The van der Waals surface area contributed by atoms with Crippen LogP contribution < -0.4 is 0 Å². The average Bonchev–Trinajstić information content (AvgIpc) is 3.01. The number of nitrogens with zero attached hydrogens (tertiary/aromatic N) is 4. The molecule has 0 spiro atoms. The van der Waals surface area contributed by atoms with Gasteiger partial charge in [-0.2, -0.15) is 0 Å². The minimum atomic E-state index is 0.520. The molecule has 4 rings (SSSR count). The number of hydrogen-bond acceptors (Lipinski definition) is 3. The van der Waals surface area contributed by atoms with Crippen LogP contribution in [0.5, 0.6) is 0 Å². The molecule has 1 aliphatic heterocycles. The predicted molar refractivity (Wildman–Crippen MR) is 87.5 cm³/mol. The topological polar surface area (TPSA) is 34.0 Å². The zero-order chi connectivity index (χ0) is 14.8. The highest BCUT2D eigenvalue weighted by Gasteiger charge is 2.22. The molecule has 3 heterocycles. The lowest BCUT2D eigenvalue weighted by atomic mass is 10.0. The van der Waals surface area contributed by atoms with Crippen LogP contribution in [-0.2, 0) is 6.54 Å². The molecule has 0 saturated carbocycles. The molecule has 1 saturated heterocycles. The monoisotopic (exact) mass is 292 g/mol. The molecule has 0 radical (unpaired) electrons. The number of pyridine rings is 1. The van der Waals surface area contributed by atoms with Crippen LogP contribution in [0.25, 0.3) is 11.2 Å². The highest BCUT2D eigenvalue weighted by molar-refractivity contribution is 5.70. The van der Waals surface area contributed by atoms with E-state index in [4.69, 9.17) is 0 Å². The van der Waals surface area contributed by atoms with Crippen molar-refractivity contribution in [3.8, 4) is 0 Å². The average molecular weight is 292 g/mol. The Labute approximate surface area is 130 Å². The van der Waals surface area contributed by atoms with E-state index in [1.165, 1.54) is 5.56 Å². The maximum Gasteiger partial charge on any atom is 0.160 e. The van der Waals surface area contributed by atoms with Crippen LogP contribution in [-0.4, -0.2) is 32.5 Å². The van der Waals surface area contributed by atoms with Crippen molar-refractivity contribution < 1.29 is 0 Å². The van der Waals surface area contributed by atoms with E-state index in [0.29, 0.717) is 6.04 Å². The van der Waals surface area contributed by atoms with Crippen molar-refractivity contribution in [2.45, 2.75) is 25.4 Å². The zero-order valence-electron chi connectivity index (χ0n) is 12.6. The summed E-state index contributed by atoms with van der Waals surface area (Å²) in [5.41, 5.74) is 3.41. The van der Waals surface area contributed by atoms with Crippen LogP contribution in [0.2, 0.25) is 0 Å². The molecule has 2 aromatic heterocycles. The Morgan fingerprint density at radius 3 is 2.59 bits per heavy atom. The largest absolute Gasteiger partial charge is 0.312 e. The van der Waals surface area contributed by atoms with Gasteiger partial charge in [-0.1, -0.05) is 30.3 Å². The number of likely N-dealkylation sites (tertiary alicyclic amines) is 1. The Hall–Kier alpha value is -2.20. The third kappa shape index (κ3) is 2.62. The number of aromatic nitrogens is 3. The van der Waals surface area contributed by atoms with Crippen molar-refractivity contribution in [1.82, 2.24) is 19.4 Å². The van der Waals surface area contributed by atoms with Crippen LogP contribution in [0.1, 0.15) is 24.4 Å². The van der Waals surface area contributed by atoms with E-state index in [0.717, 1.165) is 43.6 Å². The normalized spacial score (nSPS) is 17.1. The summed E-state index contributed by atoms with van der Waals surface area (Å²) in [6.45, 7) is 3.31. The van der Waals surface area contributed by atoms with Crippen LogP contribution in [0.4, 0.5) is 0 Å². The molecule has 0 unspecified atom stereocenters. The summed E-state index contributed by atoms with van der Waals surface area (Å²) >= 11 is 0. The molecule has 0 amide bonds. The van der Waals surface area contributed by atoms with Gasteiger partial charge in [0.1, 0.15) is 5.52 Å². The van der Waals surface area contributed by atoms with Gasteiger partial charge in [-0.05, 0) is 30.5 Å². The Kier molecular flexibility index (Phi) is 3.60. The second-order valence-electron chi connectivity index (χ2n) is 5.99. The van der Waals surface area contributed by atoms with Gasteiger partial charge in [0.15, 0.2) is 5.65 Å². The van der Waals surface area contributed by atoms with Gasteiger partial charge in [-0.15, -0.1) is 0 Å². The number of benzene rings is 1. The molecule has 112 valence electrons. The molecule has 1 aromatic carbocycles. The molecule has 0 N–H and O–H groups in total. The SMILES string of the molecule is c1ccc(CN2CCC(n3cnc4cccnc43)CC2)cc1. The lowest BCUT2D eigenvalue weighted by molar-refractivity contribution is 0.181. The molecule has 4 nitrogen and oxygen atoms in total. The second-order valence-corrected chi connectivity index (χ2v) is 5.99. The van der Waals surface area contributed by atoms with Crippen LogP contribution in [0, 0.1) is 0 Å². The van der Waals surface area contributed by atoms with Gasteiger partial charge in [0, 0.05) is 31.9 Å². The first kappa shape index (κ1) is 13.5. The standard InChI is InChI=1S/C18H20N4/c1-2-5-15(6-3-1)13-21-11-8-16(9-12-21)22-14-20-17-7-4-10-19-18(17)22/h1-7,10,14,16H,8-9,11-13H2. The van der Waals surface area contributed by atoms with Gasteiger partial charge in [0.2, 0.25) is 0 Å². The Morgan fingerprint density at radius 2 is 1.77 bits per heavy atom. The van der Waals surface area contributed by atoms with Crippen LogP contribution in [0.15, 0.2) is 55.0 Å². The van der Waals surface area contributed by atoms with Crippen molar-refractivity contribution in [3.63, 3.8) is 0 Å². The van der Waals surface area contributed by atoms with Crippen LogP contribution >= 0.6 is 0 Å². The lowest BCUT2D eigenvalue weighted by Crippen LogP contribution is -2.34. The van der Waals surface area contributed by atoms with Gasteiger partial charge >= 0.3 is 0 Å². The van der Waals surface area contributed by atoms with Gasteiger partial charge in [-0.3, -0.25) is 4.90 Å². The first-order valence-electron chi connectivity index (χ1n) is 7.94. The Balaban J connectivity index is 1.43. The second kappa shape index (κ2) is 5.89. The number of piperidine rings is 1. The molecule has 22 heavy (non-hydrogen) atoms. The molecular formula is C18H20N4. The minimum Gasteiger partial charge on any atom is -0.312 e. The van der Waals surface area contributed by atoms with Crippen LogP contribution in [0.3, 0.4) is 0 Å². The van der Waals surface area contributed by atoms with E-state index in [9.17, 15) is 0 Å². The van der Waals surface area contributed by atoms with Crippen molar-refractivity contribution in [3.05, 3.63) is 60.6 Å². The van der Waals surface area contributed by atoms with Crippen molar-refractivity contribution in [2.75, 3.05) is 13.1 Å². The van der Waals surface area contributed by atoms with E-state index < -0.39 is 0 Å². The predicted octanol–water partition coefficient (Wildman–Crippen LogP) is 3.27.